The molecule has 5 heteroatoms. The minimum atomic E-state index is 0.755. The maximum Gasteiger partial charge on any atom is 0.135 e. The number of nitrogens with zero attached hydrogens (tertiary/aromatic N) is 3. The summed E-state index contributed by atoms with van der Waals surface area (Å²) in [6.07, 6.45) is 2.61. The van der Waals surface area contributed by atoms with E-state index in [2.05, 4.69) is 52.2 Å². The molecule has 1 aliphatic rings. The predicted octanol–water partition coefficient (Wildman–Crippen LogP) is 2.93. The summed E-state index contributed by atoms with van der Waals surface area (Å²) < 4.78 is 5.39. The van der Waals surface area contributed by atoms with Crippen LogP contribution in [0.2, 0.25) is 0 Å². The van der Waals surface area contributed by atoms with Gasteiger partial charge in [-0.1, -0.05) is 25.1 Å². The molecule has 0 amide bonds. The van der Waals surface area contributed by atoms with Gasteiger partial charge in [0.25, 0.3) is 0 Å². The van der Waals surface area contributed by atoms with E-state index in [0.717, 1.165) is 50.0 Å². The number of hydrogen-bond acceptors (Lipinski definition) is 5. The highest BCUT2D eigenvalue weighted by molar-refractivity contribution is 5.66. The van der Waals surface area contributed by atoms with Crippen LogP contribution in [0, 0.1) is 6.92 Å². The summed E-state index contributed by atoms with van der Waals surface area (Å²) in [4.78, 5) is 11.0. The Balaban J connectivity index is 1.84. The van der Waals surface area contributed by atoms with Crippen molar-refractivity contribution in [3.63, 3.8) is 0 Å². The minimum absolute atomic E-state index is 0.755. The second-order valence-electron chi connectivity index (χ2n) is 5.45. The molecule has 2 heterocycles. The second kappa shape index (κ2) is 6.75. The van der Waals surface area contributed by atoms with Crippen LogP contribution in [0.3, 0.4) is 0 Å². The predicted molar refractivity (Wildman–Crippen MR) is 88.9 cm³/mol. The average molecular weight is 298 g/mol. The van der Waals surface area contributed by atoms with Crippen molar-refractivity contribution in [3.8, 4) is 0 Å². The highest BCUT2D eigenvalue weighted by Crippen LogP contribution is 2.25. The van der Waals surface area contributed by atoms with E-state index in [9.17, 15) is 0 Å². The number of anilines is 3. The zero-order chi connectivity index (χ0) is 15.4. The Bertz CT molecular complexity index is 638. The van der Waals surface area contributed by atoms with Crippen molar-refractivity contribution in [3.05, 3.63) is 41.7 Å². The Morgan fingerprint density at radius 2 is 2.05 bits per heavy atom. The third-order valence-electron chi connectivity index (χ3n) is 3.98. The third-order valence-corrected chi connectivity index (χ3v) is 3.98. The molecule has 0 aliphatic carbocycles. The van der Waals surface area contributed by atoms with Gasteiger partial charge in [0.15, 0.2) is 0 Å². The quantitative estimate of drug-likeness (QED) is 0.940. The van der Waals surface area contributed by atoms with Crippen LogP contribution in [-0.2, 0) is 11.2 Å². The lowest BCUT2D eigenvalue weighted by Gasteiger charge is -2.27. The fraction of sp³-hybridized carbons (Fsp3) is 0.412. The number of rotatable bonds is 4. The highest BCUT2D eigenvalue weighted by Gasteiger charge is 2.13. The van der Waals surface area contributed by atoms with E-state index in [1.54, 1.807) is 6.33 Å². The molecule has 0 spiro atoms. The molecule has 0 saturated carbocycles. The van der Waals surface area contributed by atoms with E-state index in [4.69, 9.17) is 4.74 Å². The summed E-state index contributed by atoms with van der Waals surface area (Å²) in [5.74, 6) is 1.79. The molecule has 0 unspecified atom stereocenters. The van der Waals surface area contributed by atoms with Crippen LogP contribution >= 0.6 is 0 Å². The Labute approximate surface area is 131 Å². The summed E-state index contributed by atoms with van der Waals surface area (Å²) in [5.41, 5.74) is 3.68. The van der Waals surface area contributed by atoms with E-state index < -0.39 is 0 Å². The van der Waals surface area contributed by atoms with Gasteiger partial charge >= 0.3 is 0 Å². The number of nitrogens with one attached hydrogen (secondary N) is 1. The van der Waals surface area contributed by atoms with Gasteiger partial charge in [-0.2, -0.15) is 0 Å². The largest absolute Gasteiger partial charge is 0.378 e. The molecule has 5 nitrogen and oxygen atoms in total. The lowest BCUT2D eigenvalue weighted by Crippen LogP contribution is -2.36. The summed E-state index contributed by atoms with van der Waals surface area (Å²) in [7, 11) is 0. The maximum atomic E-state index is 5.39. The second-order valence-corrected chi connectivity index (χ2v) is 5.45. The first-order valence-electron chi connectivity index (χ1n) is 7.78. The average Bonchev–Trinajstić information content (AvgIpc) is 2.58. The Morgan fingerprint density at radius 1 is 1.23 bits per heavy atom. The lowest BCUT2D eigenvalue weighted by atomic mass is 10.1. The monoisotopic (exact) mass is 298 g/mol. The molecule has 1 aromatic heterocycles. The van der Waals surface area contributed by atoms with Crippen molar-refractivity contribution < 1.29 is 4.74 Å². The van der Waals surface area contributed by atoms with E-state index in [-0.39, 0.29) is 0 Å². The molecular formula is C17H22N4O. The lowest BCUT2D eigenvalue weighted by molar-refractivity contribution is 0.122. The number of para-hydroxylation sites is 1. The van der Waals surface area contributed by atoms with E-state index in [0.29, 0.717) is 0 Å². The van der Waals surface area contributed by atoms with Crippen molar-refractivity contribution in [1.82, 2.24) is 9.97 Å². The summed E-state index contributed by atoms with van der Waals surface area (Å²) in [5, 5.41) is 3.46. The molecule has 22 heavy (non-hydrogen) atoms. The van der Waals surface area contributed by atoms with Crippen LogP contribution in [0.25, 0.3) is 0 Å². The van der Waals surface area contributed by atoms with Crippen molar-refractivity contribution in [2.45, 2.75) is 20.3 Å². The third kappa shape index (κ3) is 3.20. The zero-order valence-electron chi connectivity index (χ0n) is 13.2. The molecule has 2 aromatic rings. The van der Waals surface area contributed by atoms with E-state index in [1.165, 1.54) is 11.1 Å². The normalized spacial score (nSPS) is 14.9. The van der Waals surface area contributed by atoms with Crippen LogP contribution in [0.15, 0.2) is 30.6 Å². The van der Waals surface area contributed by atoms with Gasteiger partial charge in [0.05, 0.1) is 13.2 Å². The fourth-order valence-electron chi connectivity index (χ4n) is 2.71. The molecule has 0 bridgehead atoms. The van der Waals surface area contributed by atoms with Gasteiger partial charge in [0.2, 0.25) is 0 Å². The van der Waals surface area contributed by atoms with Crippen molar-refractivity contribution in [2.24, 2.45) is 0 Å². The smallest absolute Gasteiger partial charge is 0.135 e. The van der Waals surface area contributed by atoms with Crippen molar-refractivity contribution in [2.75, 3.05) is 36.5 Å². The van der Waals surface area contributed by atoms with E-state index >= 15 is 0 Å². The first-order chi connectivity index (χ1) is 10.8. The van der Waals surface area contributed by atoms with Gasteiger partial charge in [-0.25, -0.2) is 9.97 Å². The van der Waals surface area contributed by atoms with Gasteiger partial charge < -0.3 is 15.0 Å². The SMILES string of the molecule is CCc1cccc(C)c1Nc1cc(N2CCOCC2)ncn1. The van der Waals surface area contributed by atoms with Crippen LogP contribution in [0.5, 0.6) is 0 Å². The standard InChI is InChI=1S/C17H22N4O/c1-3-14-6-4-5-13(2)17(14)20-15-11-16(19-12-18-15)21-7-9-22-10-8-21/h4-6,11-12H,3,7-10H2,1-2H3,(H,18,19,20). The van der Waals surface area contributed by atoms with Gasteiger partial charge in [0.1, 0.15) is 18.0 Å². The molecule has 0 radical (unpaired) electrons. The van der Waals surface area contributed by atoms with Gasteiger partial charge in [0, 0.05) is 24.8 Å². The molecule has 1 aliphatic heterocycles. The van der Waals surface area contributed by atoms with Crippen LogP contribution in [-0.4, -0.2) is 36.3 Å². The Hall–Kier alpha value is -2.14. The molecular weight excluding hydrogens is 276 g/mol. The summed E-state index contributed by atoms with van der Waals surface area (Å²) in [6, 6.07) is 8.38. The summed E-state index contributed by atoms with van der Waals surface area (Å²) in [6.45, 7) is 7.54. The van der Waals surface area contributed by atoms with Gasteiger partial charge in [-0.15, -0.1) is 0 Å². The Morgan fingerprint density at radius 3 is 2.82 bits per heavy atom. The topological polar surface area (TPSA) is 50.3 Å². The zero-order valence-corrected chi connectivity index (χ0v) is 13.2. The van der Waals surface area contributed by atoms with Crippen LogP contribution in [0.4, 0.5) is 17.3 Å². The molecule has 0 atom stereocenters. The van der Waals surface area contributed by atoms with Crippen molar-refractivity contribution in [1.29, 1.82) is 0 Å². The molecule has 1 aromatic carbocycles. The van der Waals surface area contributed by atoms with Crippen LogP contribution < -0.4 is 10.2 Å². The number of morpholine rings is 1. The van der Waals surface area contributed by atoms with E-state index in [1.807, 2.05) is 6.07 Å². The van der Waals surface area contributed by atoms with Crippen molar-refractivity contribution >= 4 is 17.3 Å². The number of aryl methyl sites for hydroxylation is 2. The fourth-order valence-corrected chi connectivity index (χ4v) is 2.71. The number of ether oxygens (including phenoxy) is 1. The molecule has 1 saturated heterocycles. The first kappa shape index (κ1) is 14.8. The van der Waals surface area contributed by atoms with Gasteiger partial charge in [-0.05, 0) is 24.5 Å². The first-order valence-corrected chi connectivity index (χ1v) is 7.78. The minimum Gasteiger partial charge on any atom is -0.378 e. The molecule has 1 fully saturated rings. The number of benzene rings is 1. The summed E-state index contributed by atoms with van der Waals surface area (Å²) >= 11 is 0. The number of aromatic nitrogens is 2. The molecule has 3 rings (SSSR count). The highest BCUT2D eigenvalue weighted by atomic mass is 16.5. The molecule has 1 N–H and O–H groups in total. The molecule has 116 valence electrons. The van der Waals surface area contributed by atoms with Gasteiger partial charge in [-0.3, -0.25) is 0 Å². The maximum absolute atomic E-state index is 5.39. The Kier molecular flexibility index (Phi) is 4.53. The van der Waals surface area contributed by atoms with Crippen LogP contribution in [0.1, 0.15) is 18.1 Å². The number of hydrogen-bond donors (Lipinski definition) is 1.